The van der Waals surface area contributed by atoms with Crippen molar-refractivity contribution in [1.82, 2.24) is 9.97 Å². The first-order valence-electron chi connectivity index (χ1n) is 11.2. The van der Waals surface area contributed by atoms with Gasteiger partial charge in [-0.15, -0.1) is 0 Å². The maximum absolute atomic E-state index is 12.4. The molecule has 2 amide bonds. The number of rotatable bonds is 10. The van der Waals surface area contributed by atoms with E-state index in [-0.39, 0.29) is 5.91 Å². The van der Waals surface area contributed by atoms with Crippen molar-refractivity contribution in [3.8, 4) is 34.0 Å². The molecule has 0 aliphatic carbocycles. The first-order valence-corrected chi connectivity index (χ1v) is 12.2. The minimum absolute atomic E-state index is 0.133. The molecule has 9 heteroatoms. The molecule has 0 aliphatic rings. The first kappa shape index (κ1) is 24.9. The van der Waals surface area contributed by atoms with E-state index in [9.17, 15) is 9.59 Å². The number of thioether (sulfide) groups is 1. The Labute approximate surface area is 213 Å². The van der Waals surface area contributed by atoms with Crippen molar-refractivity contribution >= 4 is 29.3 Å². The number of anilines is 1. The Morgan fingerprint density at radius 2 is 1.47 bits per heavy atom. The van der Waals surface area contributed by atoms with E-state index in [1.807, 2.05) is 48.5 Å². The lowest BCUT2D eigenvalue weighted by atomic mass is 10.0. The highest BCUT2D eigenvalue weighted by atomic mass is 32.2. The minimum atomic E-state index is -0.509. The lowest BCUT2D eigenvalue weighted by Crippen LogP contribution is -2.13. The molecule has 1 heterocycles. The molecule has 0 saturated heterocycles. The Bertz CT molecular complexity index is 1270. The molecule has 4 aromatic rings. The van der Waals surface area contributed by atoms with Gasteiger partial charge in [0.1, 0.15) is 11.5 Å². The summed E-state index contributed by atoms with van der Waals surface area (Å²) < 4.78 is 10.6. The predicted octanol–water partition coefficient (Wildman–Crippen LogP) is 4.98. The maximum Gasteiger partial charge on any atom is 0.248 e. The van der Waals surface area contributed by atoms with Gasteiger partial charge in [0.2, 0.25) is 11.8 Å². The number of aromatic amines is 1. The molecule has 0 aliphatic heterocycles. The molecular weight excluding hydrogens is 476 g/mol. The number of nitrogens with one attached hydrogen (secondary N) is 2. The lowest BCUT2D eigenvalue weighted by Gasteiger charge is -2.06. The van der Waals surface area contributed by atoms with Crippen molar-refractivity contribution in [1.29, 1.82) is 0 Å². The van der Waals surface area contributed by atoms with Gasteiger partial charge in [-0.1, -0.05) is 11.8 Å². The van der Waals surface area contributed by atoms with E-state index in [4.69, 9.17) is 20.2 Å². The number of primary amides is 1. The summed E-state index contributed by atoms with van der Waals surface area (Å²) in [5.74, 6) is 1.43. The van der Waals surface area contributed by atoms with Crippen LogP contribution in [0.3, 0.4) is 0 Å². The number of nitrogens with zero attached hydrogens (tertiary/aromatic N) is 1. The second-order valence-electron chi connectivity index (χ2n) is 7.81. The highest BCUT2D eigenvalue weighted by Crippen LogP contribution is 2.34. The average molecular weight is 503 g/mol. The number of carbonyl (C=O) groups is 2. The van der Waals surface area contributed by atoms with Crippen LogP contribution in [-0.2, 0) is 4.79 Å². The van der Waals surface area contributed by atoms with Gasteiger partial charge >= 0.3 is 0 Å². The smallest absolute Gasteiger partial charge is 0.248 e. The van der Waals surface area contributed by atoms with Gasteiger partial charge < -0.3 is 25.5 Å². The zero-order valence-corrected chi connectivity index (χ0v) is 20.7. The monoisotopic (exact) mass is 502 g/mol. The lowest BCUT2D eigenvalue weighted by molar-refractivity contribution is -0.115. The second kappa shape index (κ2) is 11.5. The number of benzene rings is 3. The second-order valence-corrected chi connectivity index (χ2v) is 8.89. The van der Waals surface area contributed by atoms with Crippen LogP contribution in [-0.4, -0.2) is 41.8 Å². The summed E-state index contributed by atoms with van der Waals surface area (Å²) in [6, 6.07) is 22.0. The van der Waals surface area contributed by atoms with Crippen LogP contribution in [0.2, 0.25) is 0 Å². The molecule has 36 heavy (non-hydrogen) atoms. The molecule has 0 spiro atoms. The van der Waals surface area contributed by atoms with E-state index >= 15 is 0 Å². The summed E-state index contributed by atoms with van der Waals surface area (Å²) >= 11 is 1.47. The molecule has 4 N–H and O–H groups in total. The van der Waals surface area contributed by atoms with Crippen LogP contribution < -0.4 is 20.5 Å². The average Bonchev–Trinajstić information content (AvgIpc) is 3.33. The largest absolute Gasteiger partial charge is 0.497 e. The zero-order chi connectivity index (χ0) is 25.5. The van der Waals surface area contributed by atoms with Crippen LogP contribution in [0.1, 0.15) is 16.8 Å². The Balaban J connectivity index is 1.46. The van der Waals surface area contributed by atoms with Crippen molar-refractivity contribution in [3.05, 3.63) is 78.4 Å². The topological polar surface area (TPSA) is 119 Å². The Morgan fingerprint density at radius 3 is 2.03 bits per heavy atom. The third-order valence-electron chi connectivity index (χ3n) is 5.45. The number of nitrogens with two attached hydrogens (primary N) is 1. The number of ether oxygens (including phenoxy) is 2. The molecule has 0 bridgehead atoms. The van der Waals surface area contributed by atoms with Gasteiger partial charge in [-0.05, 0) is 72.8 Å². The summed E-state index contributed by atoms with van der Waals surface area (Å²) in [6.07, 6.45) is 0.290. The van der Waals surface area contributed by atoms with Crippen molar-refractivity contribution in [2.75, 3.05) is 25.3 Å². The molecule has 0 radical (unpaired) electrons. The van der Waals surface area contributed by atoms with Crippen molar-refractivity contribution < 1.29 is 19.1 Å². The van der Waals surface area contributed by atoms with Gasteiger partial charge in [-0.3, -0.25) is 9.59 Å². The quantitative estimate of drug-likeness (QED) is 0.263. The molecule has 184 valence electrons. The number of aromatic nitrogens is 2. The maximum atomic E-state index is 12.4. The zero-order valence-electron chi connectivity index (χ0n) is 19.9. The summed E-state index contributed by atoms with van der Waals surface area (Å²) in [4.78, 5) is 31.8. The number of methoxy groups -OCH3 is 2. The number of carbonyl (C=O) groups excluding carboxylic acids is 2. The van der Waals surface area contributed by atoms with Gasteiger partial charge in [0, 0.05) is 34.6 Å². The van der Waals surface area contributed by atoms with Gasteiger partial charge in [-0.25, -0.2) is 4.98 Å². The van der Waals surface area contributed by atoms with E-state index in [1.54, 1.807) is 38.5 Å². The Hall–Kier alpha value is -4.24. The molecule has 0 saturated carbocycles. The third kappa shape index (κ3) is 6.05. The molecule has 3 aromatic carbocycles. The van der Waals surface area contributed by atoms with Crippen molar-refractivity contribution in [2.45, 2.75) is 11.6 Å². The summed E-state index contributed by atoms with van der Waals surface area (Å²) in [6.45, 7) is 0. The highest BCUT2D eigenvalue weighted by molar-refractivity contribution is 7.99. The normalized spacial score (nSPS) is 10.6. The Morgan fingerprint density at radius 1 is 0.889 bits per heavy atom. The van der Waals surface area contributed by atoms with Crippen LogP contribution in [0.5, 0.6) is 11.5 Å². The van der Waals surface area contributed by atoms with E-state index in [2.05, 4.69) is 10.3 Å². The van der Waals surface area contributed by atoms with E-state index in [0.29, 0.717) is 28.6 Å². The summed E-state index contributed by atoms with van der Waals surface area (Å²) in [7, 11) is 3.27. The molecule has 8 nitrogen and oxygen atoms in total. The molecule has 1 aromatic heterocycles. The van der Waals surface area contributed by atoms with Crippen LogP contribution >= 0.6 is 11.8 Å². The number of H-pyrrole nitrogens is 1. The van der Waals surface area contributed by atoms with Crippen LogP contribution in [0.25, 0.3) is 22.5 Å². The SMILES string of the molecule is COc1ccc(-c2nc(SCCC(=O)Nc3ccc(C(N)=O)cc3)[nH]c2-c2ccc(OC)cc2)cc1. The molecule has 0 unspecified atom stereocenters. The third-order valence-corrected chi connectivity index (χ3v) is 6.32. The number of imidazole rings is 1. The van der Waals surface area contributed by atoms with Gasteiger partial charge in [0.25, 0.3) is 0 Å². The number of hydrogen-bond donors (Lipinski definition) is 3. The fourth-order valence-corrected chi connectivity index (χ4v) is 4.34. The van der Waals surface area contributed by atoms with E-state index in [0.717, 1.165) is 34.0 Å². The van der Waals surface area contributed by atoms with Crippen molar-refractivity contribution in [3.63, 3.8) is 0 Å². The molecule has 0 fully saturated rings. The first-order chi connectivity index (χ1) is 17.5. The fraction of sp³-hybridized carbons (Fsp3) is 0.148. The molecule has 0 atom stereocenters. The van der Waals surface area contributed by atoms with Crippen LogP contribution in [0, 0.1) is 0 Å². The van der Waals surface area contributed by atoms with E-state index in [1.165, 1.54) is 11.8 Å². The predicted molar refractivity (Wildman–Crippen MR) is 141 cm³/mol. The number of hydrogen-bond acceptors (Lipinski definition) is 6. The fourth-order valence-electron chi connectivity index (χ4n) is 3.53. The minimum Gasteiger partial charge on any atom is -0.497 e. The van der Waals surface area contributed by atoms with Gasteiger partial charge in [0.15, 0.2) is 5.16 Å². The van der Waals surface area contributed by atoms with E-state index < -0.39 is 5.91 Å². The van der Waals surface area contributed by atoms with Crippen molar-refractivity contribution in [2.24, 2.45) is 5.73 Å². The van der Waals surface area contributed by atoms with Crippen LogP contribution in [0.15, 0.2) is 78.0 Å². The summed E-state index contributed by atoms with van der Waals surface area (Å²) in [5.41, 5.74) is 9.85. The van der Waals surface area contributed by atoms with Gasteiger partial charge in [-0.2, -0.15) is 0 Å². The summed E-state index contributed by atoms with van der Waals surface area (Å²) in [5, 5.41) is 3.54. The van der Waals surface area contributed by atoms with Crippen LogP contribution in [0.4, 0.5) is 5.69 Å². The number of amides is 2. The Kier molecular flexibility index (Phi) is 7.92. The molecule has 4 rings (SSSR count). The highest BCUT2D eigenvalue weighted by Gasteiger charge is 2.15. The molecular formula is C27H26N4O4S. The standard InChI is InChI=1S/C27H26N4O4S/c1-34-21-11-5-17(6-12-21)24-25(18-7-13-22(35-2)14-8-18)31-27(30-24)36-16-15-23(32)29-20-9-3-19(4-10-20)26(28)33/h3-14H,15-16H2,1-2H3,(H2,28,33)(H,29,32)(H,30,31). The van der Waals surface area contributed by atoms with Gasteiger partial charge in [0.05, 0.1) is 25.6 Å².